The summed E-state index contributed by atoms with van der Waals surface area (Å²) in [5, 5.41) is 5.54. The summed E-state index contributed by atoms with van der Waals surface area (Å²) in [6.07, 6.45) is -0.325. The van der Waals surface area contributed by atoms with Gasteiger partial charge in [0.25, 0.3) is 5.91 Å². The van der Waals surface area contributed by atoms with Crippen LogP contribution in [0.15, 0.2) is 24.3 Å². The van der Waals surface area contributed by atoms with Gasteiger partial charge >= 0.3 is 12.2 Å². The molecule has 2 aliphatic heterocycles. The lowest BCUT2D eigenvalue weighted by Gasteiger charge is -2.26. The molecule has 8 nitrogen and oxygen atoms in total. The van der Waals surface area contributed by atoms with Gasteiger partial charge in [0.1, 0.15) is 5.54 Å². The Balaban J connectivity index is 1.38. The van der Waals surface area contributed by atoms with Crippen molar-refractivity contribution in [2.24, 2.45) is 0 Å². The number of carbonyl (C=O) groups is 4. The predicted molar refractivity (Wildman–Crippen MR) is 119 cm³/mol. The Labute approximate surface area is 201 Å². The van der Waals surface area contributed by atoms with Crippen molar-refractivity contribution in [2.45, 2.75) is 69.1 Å². The summed E-state index contributed by atoms with van der Waals surface area (Å²) < 4.78 is 39.7. The van der Waals surface area contributed by atoms with Gasteiger partial charge in [-0.2, -0.15) is 13.2 Å². The molecule has 5 amide bonds. The Morgan fingerprint density at radius 2 is 1.89 bits per heavy atom. The topological polar surface area (TPSA) is 98.8 Å². The van der Waals surface area contributed by atoms with E-state index in [0.29, 0.717) is 32.2 Å². The first-order valence-corrected chi connectivity index (χ1v) is 12.0. The van der Waals surface area contributed by atoms with Crippen molar-refractivity contribution in [3.8, 4) is 0 Å². The lowest BCUT2D eigenvalue weighted by atomic mass is 9.98. The highest BCUT2D eigenvalue weighted by Gasteiger charge is 2.52. The number of imide groups is 1. The fourth-order valence-corrected chi connectivity index (χ4v) is 5.14. The average molecular weight is 495 g/mol. The number of alkyl halides is 3. The number of likely N-dealkylation sites (tertiary alicyclic amines) is 1. The molecule has 1 aromatic rings. The van der Waals surface area contributed by atoms with E-state index < -0.39 is 35.3 Å². The SMILES string of the molecule is O=C(CCCN1C(=O)NC2(CCCC2)C1=O)NC(CN1CCCC1=O)c1cccc(C(F)(F)F)c1. The third-order valence-electron chi connectivity index (χ3n) is 7.01. The number of halogens is 3. The number of hydrogen-bond acceptors (Lipinski definition) is 4. The van der Waals surface area contributed by atoms with Crippen LogP contribution in [0.2, 0.25) is 0 Å². The summed E-state index contributed by atoms with van der Waals surface area (Å²) >= 11 is 0. The Kier molecular flexibility index (Phi) is 7.05. The quantitative estimate of drug-likeness (QED) is 0.543. The van der Waals surface area contributed by atoms with Gasteiger partial charge in [0.15, 0.2) is 0 Å². The molecule has 11 heteroatoms. The van der Waals surface area contributed by atoms with Gasteiger partial charge in [-0.05, 0) is 43.4 Å². The number of nitrogens with one attached hydrogen (secondary N) is 2. The summed E-state index contributed by atoms with van der Waals surface area (Å²) in [6.45, 7) is 0.637. The number of rotatable bonds is 8. The fourth-order valence-electron chi connectivity index (χ4n) is 5.14. The monoisotopic (exact) mass is 494 g/mol. The second-order valence-electron chi connectivity index (χ2n) is 9.47. The molecule has 4 rings (SSSR count). The Morgan fingerprint density at radius 1 is 1.14 bits per heavy atom. The molecule has 0 radical (unpaired) electrons. The average Bonchev–Trinajstić information content (AvgIpc) is 3.50. The molecule has 35 heavy (non-hydrogen) atoms. The van der Waals surface area contributed by atoms with Gasteiger partial charge in [-0.15, -0.1) is 0 Å². The minimum absolute atomic E-state index is 0.0204. The van der Waals surface area contributed by atoms with Crippen LogP contribution in [0.4, 0.5) is 18.0 Å². The van der Waals surface area contributed by atoms with Crippen molar-refractivity contribution in [3.63, 3.8) is 0 Å². The minimum atomic E-state index is -4.53. The maximum atomic E-state index is 13.2. The highest BCUT2D eigenvalue weighted by molar-refractivity contribution is 6.07. The zero-order valence-electron chi connectivity index (χ0n) is 19.3. The van der Waals surface area contributed by atoms with E-state index in [4.69, 9.17) is 0 Å². The molecule has 2 saturated heterocycles. The van der Waals surface area contributed by atoms with E-state index >= 15 is 0 Å². The van der Waals surface area contributed by atoms with Gasteiger partial charge in [0.2, 0.25) is 11.8 Å². The van der Waals surface area contributed by atoms with Crippen LogP contribution in [0.25, 0.3) is 0 Å². The highest BCUT2D eigenvalue weighted by atomic mass is 19.4. The van der Waals surface area contributed by atoms with Crippen molar-refractivity contribution in [2.75, 3.05) is 19.6 Å². The smallest absolute Gasteiger partial charge is 0.348 e. The van der Waals surface area contributed by atoms with E-state index in [2.05, 4.69) is 10.6 Å². The molecule has 1 spiro atoms. The number of nitrogens with zero attached hydrogens (tertiary/aromatic N) is 2. The molecule has 1 saturated carbocycles. The molecule has 1 atom stereocenters. The van der Waals surface area contributed by atoms with Gasteiger partial charge < -0.3 is 15.5 Å². The molecular formula is C24H29F3N4O4. The van der Waals surface area contributed by atoms with Gasteiger partial charge in [-0.3, -0.25) is 19.3 Å². The fraction of sp³-hybridized carbons (Fsp3) is 0.583. The minimum Gasteiger partial charge on any atom is -0.348 e. The Hall–Kier alpha value is -3.11. The molecule has 0 bridgehead atoms. The number of hydrogen-bond donors (Lipinski definition) is 2. The largest absolute Gasteiger partial charge is 0.416 e. The third kappa shape index (κ3) is 5.43. The molecule has 1 aromatic carbocycles. The number of urea groups is 1. The summed E-state index contributed by atoms with van der Waals surface area (Å²) in [6, 6.07) is 3.45. The second-order valence-corrected chi connectivity index (χ2v) is 9.47. The third-order valence-corrected chi connectivity index (χ3v) is 7.01. The standard InChI is InChI=1S/C24H29F3N4O4/c25-24(26,27)17-7-3-6-16(14-17)18(15-30-12-5-9-20(30)33)28-19(32)8-4-13-31-21(34)23(29-22(31)35)10-1-2-11-23/h3,6-7,14,18H,1-2,4-5,8-13,15H2,(H,28,32)(H,29,35). The van der Waals surface area contributed by atoms with E-state index in [1.807, 2.05) is 0 Å². The van der Waals surface area contributed by atoms with Crippen LogP contribution in [0, 0.1) is 0 Å². The lowest BCUT2D eigenvalue weighted by Crippen LogP contribution is -2.44. The van der Waals surface area contributed by atoms with Crippen LogP contribution in [0.1, 0.15) is 68.5 Å². The Morgan fingerprint density at radius 3 is 2.54 bits per heavy atom. The molecule has 190 valence electrons. The number of benzene rings is 1. The van der Waals surface area contributed by atoms with Crippen LogP contribution in [-0.4, -0.2) is 58.7 Å². The van der Waals surface area contributed by atoms with Crippen molar-refractivity contribution >= 4 is 23.8 Å². The molecule has 2 heterocycles. The first kappa shape index (κ1) is 25.0. The maximum absolute atomic E-state index is 13.2. The van der Waals surface area contributed by atoms with E-state index in [9.17, 15) is 32.3 Å². The van der Waals surface area contributed by atoms with Gasteiger partial charge in [-0.25, -0.2) is 4.79 Å². The van der Waals surface area contributed by atoms with Crippen LogP contribution in [-0.2, 0) is 20.6 Å². The molecular weight excluding hydrogens is 465 g/mol. The molecule has 2 N–H and O–H groups in total. The number of amides is 5. The van der Waals surface area contributed by atoms with Crippen molar-refractivity contribution < 1.29 is 32.3 Å². The first-order valence-electron chi connectivity index (χ1n) is 12.0. The zero-order chi connectivity index (χ0) is 25.2. The van der Waals surface area contributed by atoms with Crippen LogP contribution in [0.3, 0.4) is 0 Å². The van der Waals surface area contributed by atoms with E-state index in [0.717, 1.165) is 29.9 Å². The van der Waals surface area contributed by atoms with Gasteiger partial charge in [0, 0.05) is 32.5 Å². The van der Waals surface area contributed by atoms with Crippen LogP contribution >= 0.6 is 0 Å². The second kappa shape index (κ2) is 9.87. The van der Waals surface area contributed by atoms with Gasteiger partial charge in [-0.1, -0.05) is 25.0 Å². The van der Waals surface area contributed by atoms with Crippen molar-refractivity contribution in [1.29, 1.82) is 0 Å². The Bertz CT molecular complexity index is 1010. The normalized spacial score (nSPS) is 20.6. The first-order chi connectivity index (χ1) is 16.6. The molecule has 1 aliphatic carbocycles. The van der Waals surface area contributed by atoms with E-state index in [-0.39, 0.29) is 43.3 Å². The van der Waals surface area contributed by atoms with Crippen LogP contribution < -0.4 is 10.6 Å². The molecule has 0 aromatic heterocycles. The summed E-state index contributed by atoms with van der Waals surface area (Å²) in [5.74, 6) is -0.785. The van der Waals surface area contributed by atoms with E-state index in [1.54, 1.807) is 4.90 Å². The predicted octanol–water partition coefficient (Wildman–Crippen LogP) is 3.13. The molecule has 1 unspecified atom stereocenters. The summed E-state index contributed by atoms with van der Waals surface area (Å²) in [7, 11) is 0. The van der Waals surface area contributed by atoms with Crippen molar-refractivity contribution in [3.05, 3.63) is 35.4 Å². The lowest BCUT2D eigenvalue weighted by molar-refractivity contribution is -0.137. The maximum Gasteiger partial charge on any atom is 0.416 e. The van der Waals surface area contributed by atoms with E-state index in [1.165, 1.54) is 12.1 Å². The molecule has 3 aliphatic rings. The summed E-state index contributed by atoms with van der Waals surface area (Å²) in [4.78, 5) is 52.5. The van der Waals surface area contributed by atoms with Gasteiger partial charge in [0.05, 0.1) is 11.6 Å². The van der Waals surface area contributed by atoms with Crippen molar-refractivity contribution in [1.82, 2.24) is 20.4 Å². The van der Waals surface area contributed by atoms with Crippen LogP contribution in [0.5, 0.6) is 0 Å². The molecule has 3 fully saturated rings. The number of carbonyl (C=O) groups excluding carboxylic acids is 4. The zero-order valence-corrected chi connectivity index (χ0v) is 19.3. The highest BCUT2D eigenvalue weighted by Crippen LogP contribution is 2.35. The summed E-state index contributed by atoms with van der Waals surface area (Å²) in [5.41, 5.74) is -1.39.